The van der Waals surface area contributed by atoms with Gasteiger partial charge in [0.2, 0.25) is 0 Å². The van der Waals surface area contributed by atoms with E-state index in [9.17, 15) is 0 Å². The quantitative estimate of drug-likeness (QED) is 0.419. The molecule has 0 saturated heterocycles. The second-order valence-corrected chi connectivity index (χ2v) is 1.40. The summed E-state index contributed by atoms with van der Waals surface area (Å²) < 4.78 is 16.6. The lowest BCUT2D eigenvalue weighted by molar-refractivity contribution is 0.266. The van der Waals surface area contributed by atoms with Crippen LogP contribution < -0.4 is 5.32 Å². The van der Waals surface area contributed by atoms with Crippen molar-refractivity contribution >= 4 is 11.6 Å². The highest BCUT2D eigenvalue weighted by atomic mass is 32.1. The lowest BCUT2D eigenvalue weighted by Gasteiger charge is -1.94. The molecule has 0 amide bonds. The molecule has 5 nitrogen and oxygen atoms in total. The van der Waals surface area contributed by atoms with E-state index in [1.165, 1.54) is 0 Å². The molecule has 0 aromatic heterocycles. The summed E-state index contributed by atoms with van der Waals surface area (Å²) in [4.78, 5) is 0. The smallest absolute Gasteiger partial charge is 0.335 e. The van der Waals surface area contributed by atoms with Gasteiger partial charge in [0.1, 0.15) is 0 Å². The summed E-state index contributed by atoms with van der Waals surface area (Å²) in [6, 6.07) is 0. The van der Waals surface area contributed by atoms with E-state index < -0.39 is 11.6 Å². The van der Waals surface area contributed by atoms with Crippen LogP contribution in [-0.4, -0.2) is 44.9 Å². The van der Waals surface area contributed by atoms with Crippen molar-refractivity contribution < 1.29 is 18.6 Å². The van der Waals surface area contributed by atoms with Crippen LogP contribution in [0.25, 0.3) is 0 Å². The van der Waals surface area contributed by atoms with Gasteiger partial charge in [0, 0.05) is 13.1 Å². The van der Waals surface area contributed by atoms with Crippen molar-refractivity contribution in [3.8, 4) is 0 Å². The summed E-state index contributed by atoms with van der Waals surface area (Å²) in [5.41, 5.74) is 0. The molecular weight excluding hydrogens is 158 g/mol. The third-order valence-electron chi connectivity index (χ3n) is 0.577. The van der Waals surface area contributed by atoms with Gasteiger partial charge >= 0.3 is 11.6 Å². The van der Waals surface area contributed by atoms with E-state index >= 15 is 0 Å². The molecule has 0 heterocycles. The zero-order chi connectivity index (χ0) is 8.24. The fourth-order valence-electron chi connectivity index (χ4n) is 0.283. The topological polar surface area (TPSA) is 86.6 Å². The van der Waals surface area contributed by atoms with Gasteiger partial charge in [-0.05, 0) is 0 Å². The number of hydrogen-bond donors (Lipinski definition) is 3. The minimum absolute atomic E-state index is 0.139. The van der Waals surface area contributed by atoms with E-state index in [0.717, 1.165) is 0 Å². The molecule has 0 fully saturated rings. The Morgan fingerprint density at radius 2 is 1.40 bits per heavy atom. The van der Waals surface area contributed by atoms with E-state index in [2.05, 4.69) is 5.32 Å². The fraction of sp³-hybridized carbons (Fsp3) is 1.00. The highest BCUT2D eigenvalue weighted by Gasteiger charge is 1.78. The second kappa shape index (κ2) is 15.9. The van der Waals surface area contributed by atoms with Crippen LogP contribution in [0, 0.1) is 0 Å². The van der Waals surface area contributed by atoms with Crippen molar-refractivity contribution in [3.63, 3.8) is 0 Å². The molecule has 0 spiro atoms. The molecule has 0 saturated carbocycles. The Labute approximate surface area is 62.7 Å². The summed E-state index contributed by atoms with van der Waals surface area (Å²) in [5, 5.41) is 19.1. The van der Waals surface area contributed by atoms with E-state index in [4.69, 9.17) is 18.6 Å². The third kappa shape index (κ3) is 25.2. The monoisotopic (exact) mass is 169 g/mol. The number of rotatable bonds is 4. The molecule has 0 bridgehead atoms. The van der Waals surface area contributed by atoms with Gasteiger partial charge in [0.15, 0.2) is 0 Å². The number of aliphatic hydroxyl groups is 2. The minimum atomic E-state index is -0.750. The molecule has 0 aliphatic rings. The zero-order valence-corrected chi connectivity index (χ0v) is 6.26. The molecule has 0 aliphatic carbocycles. The van der Waals surface area contributed by atoms with Crippen molar-refractivity contribution in [1.82, 2.24) is 5.32 Å². The van der Waals surface area contributed by atoms with Gasteiger partial charge in [-0.3, -0.25) is 0 Å². The Balaban J connectivity index is 0. The Morgan fingerprint density at radius 3 is 1.60 bits per heavy atom. The highest BCUT2D eigenvalue weighted by Crippen LogP contribution is 1.54. The maximum absolute atomic E-state index is 8.29. The maximum Gasteiger partial charge on any atom is 0.335 e. The van der Waals surface area contributed by atoms with Crippen molar-refractivity contribution in [2.24, 2.45) is 0 Å². The Hall–Kier alpha value is -0.300. The van der Waals surface area contributed by atoms with E-state index in [0.29, 0.717) is 13.1 Å². The van der Waals surface area contributed by atoms with Crippen LogP contribution >= 0.6 is 0 Å². The summed E-state index contributed by atoms with van der Waals surface area (Å²) in [7, 11) is 0. The lowest BCUT2D eigenvalue weighted by atomic mass is 10.6. The Morgan fingerprint density at radius 1 is 1.10 bits per heavy atom. The average Bonchev–Trinajstić information content (AvgIpc) is 1.91. The molecule has 10 heavy (non-hydrogen) atoms. The normalized spacial score (nSPS) is 7.80. The Kier molecular flexibility index (Phi) is 19.7. The molecule has 3 N–H and O–H groups in total. The van der Waals surface area contributed by atoms with Gasteiger partial charge in [0.05, 0.1) is 13.2 Å². The largest absolute Gasteiger partial charge is 0.395 e. The third-order valence-corrected chi connectivity index (χ3v) is 0.577. The number of hydrogen-bond acceptors (Lipinski definition) is 5. The molecule has 62 valence electrons. The first kappa shape index (κ1) is 12.4. The van der Waals surface area contributed by atoms with Gasteiger partial charge in [-0.25, -0.2) is 0 Å². The fourth-order valence-corrected chi connectivity index (χ4v) is 0.283. The average molecular weight is 169 g/mol. The summed E-state index contributed by atoms with van der Waals surface area (Å²) in [6.45, 7) is 1.42. The highest BCUT2D eigenvalue weighted by molar-refractivity contribution is 7.51. The molecular formula is C4H11NO4S. The molecule has 0 atom stereocenters. The standard InChI is InChI=1S/C4H11NO2.O2S/c6-3-1-5-2-4-7;1-3-2/h5-7H,1-4H2;. The molecule has 0 aromatic rings. The second-order valence-electron chi connectivity index (χ2n) is 1.27. The number of nitrogens with one attached hydrogen (secondary N) is 1. The predicted octanol–water partition coefficient (Wildman–Crippen LogP) is -2.11. The Bertz CT molecular complexity index is 79.3. The van der Waals surface area contributed by atoms with Crippen LogP contribution in [0.4, 0.5) is 0 Å². The van der Waals surface area contributed by atoms with Crippen LogP contribution in [0.1, 0.15) is 0 Å². The summed E-state index contributed by atoms with van der Waals surface area (Å²) in [6.07, 6.45) is 0. The van der Waals surface area contributed by atoms with Crippen LogP contribution in [0.2, 0.25) is 0 Å². The van der Waals surface area contributed by atoms with E-state index in [-0.39, 0.29) is 13.2 Å². The lowest BCUT2D eigenvalue weighted by Crippen LogP contribution is -2.21. The number of aliphatic hydroxyl groups excluding tert-OH is 2. The van der Waals surface area contributed by atoms with Gasteiger partial charge in [-0.2, -0.15) is 8.42 Å². The zero-order valence-electron chi connectivity index (χ0n) is 5.45. The van der Waals surface area contributed by atoms with Crippen molar-refractivity contribution in [2.45, 2.75) is 0 Å². The van der Waals surface area contributed by atoms with E-state index in [1.807, 2.05) is 0 Å². The van der Waals surface area contributed by atoms with Crippen molar-refractivity contribution in [3.05, 3.63) is 0 Å². The molecule has 0 radical (unpaired) electrons. The SMILES string of the molecule is O=S=O.OCCNCCO. The first-order valence-corrected chi connectivity index (χ1v) is 3.34. The molecule has 0 aliphatic heterocycles. The van der Waals surface area contributed by atoms with Crippen molar-refractivity contribution in [1.29, 1.82) is 0 Å². The maximum atomic E-state index is 8.29. The van der Waals surface area contributed by atoms with Crippen LogP contribution in [-0.2, 0) is 11.6 Å². The van der Waals surface area contributed by atoms with Crippen molar-refractivity contribution in [2.75, 3.05) is 26.3 Å². The first-order valence-electron chi connectivity index (χ1n) is 2.67. The molecule has 6 heteroatoms. The first-order chi connectivity index (χ1) is 4.83. The van der Waals surface area contributed by atoms with Gasteiger partial charge < -0.3 is 15.5 Å². The van der Waals surface area contributed by atoms with E-state index in [1.54, 1.807) is 0 Å². The molecule has 0 rings (SSSR count). The van der Waals surface area contributed by atoms with Crippen LogP contribution in [0.15, 0.2) is 0 Å². The van der Waals surface area contributed by atoms with Crippen LogP contribution in [0.5, 0.6) is 0 Å². The molecule has 0 aromatic carbocycles. The van der Waals surface area contributed by atoms with Crippen LogP contribution in [0.3, 0.4) is 0 Å². The molecule has 0 unspecified atom stereocenters. The van der Waals surface area contributed by atoms with Gasteiger partial charge in [-0.1, -0.05) is 0 Å². The van der Waals surface area contributed by atoms with Gasteiger partial charge in [0.25, 0.3) is 0 Å². The minimum Gasteiger partial charge on any atom is -0.395 e. The summed E-state index contributed by atoms with van der Waals surface area (Å²) in [5.74, 6) is 0. The summed E-state index contributed by atoms with van der Waals surface area (Å²) >= 11 is -0.750. The predicted molar refractivity (Wildman–Crippen MR) is 36.0 cm³/mol. The van der Waals surface area contributed by atoms with Gasteiger partial charge in [-0.15, -0.1) is 0 Å².